The van der Waals surface area contributed by atoms with Crippen LogP contribution < -0.4 is 0 Å². The molecular formula is C11H16O. The molecule has 0 radical (unpaired) electrons. The highest BCUT2D eigenvalue weighted by molar-refractivity contribution is 5.21. The number of hydrogen-bond donors (Lipinski definition) is 1. The van der Waals surface area contributed by atoms with Crippen LogP contribution in [0.5, 0.6) is 0 Å². The Bertz CT molecular complexity index is 225. The first-order chi connectivity index (χ1) is 5.72. The highest BCUT2D eigenvalue weighted by Gasteiger charge is 2.00. The molecule has 0 spiro atoms. The van der Waals surface area contributed by atoms with Gasteiger partial charge in [0.2, 0.25) is 0 Å². The number of aliphatic hydroxyl groups is 1. The molecule has 0 saturated heterocycles. The van der Waals surface area contributed by atoms with E-state index in [0.717, 1.165) is 6.42 Å². The summed E-state index contributed by atoms with van der Waals surface area (Å²) >= 11 is 0. The van der Waals surface area contributed by atoms with Crippen molar-refractivity contribution in [3.05, 3.63) is 35.4 Å². The molecule has 0 aliphatic carbocycles. The molecule has 0 aromatic heterocycles. The maximum Gasteiger partial charge on any atom is 0.0459 e. The van der Waals surface area contributed by atoms with E-state index in [1.54, 1.807) is 0 Å². The van der Waals surface area contributed by atoms with Gasteiger partial charge >= 0.3 is 0 Å². The fourth-order valence-electron chi connectivity index (χ4n) is 1.19. The van der Waals surface area contributed by atoms with Crippen LogP contribution in [-0.2, 0) is 6.42 Å². The standard InChI is InChI=1S/C11H16O/c1-9-3-5-11(6-4-9)7-10(2)8-12/h3-6,10,12H,7-8H2,1-2H3. The first-order valence-corrected chi connectivity index (χ1v) is 4.38. The first-order valence-electron chi connectivity index (χ1n) is 4.38. The minimum atomic E-state index is 0.272. The molecule has 0 heterocycles. The molecule has 12 heavy (non-hydrogen) atoms. The summed E-state index contributed by atoms with van der Waals surface area (Å²) in [4.78, 5) is 0. The lowest BCUT2D eigenvalue weighted by molar-refractivity contribution is 0.237. The van der Waals surface area contributed by atoms with Gasteiger partial charge in [0.05, 0.1) is 0 Å². The molecule has 0 amide bonds. The molecule has 1 nitrogen and oxygen atoms in total. The van der Waals surface area contributed by atoms with Gasteiger partial charge in [-0.05, 0) is 24.8 Å². The Morgan fingerprint density at radius 2 is 1.83 bits per heavy atom. The molecule has 0 saturated carbocycles. The lowest BCUT2D eigenvalue weighted by Crippen LogP contribution is -2.04. The van der Waals surface area contributed by atoms with E-state index in [2.05, 4.69) is 38.1 Å². The van der Waals surface area contributed by atoms with Crippen molar-refractivity contribution >= 4 is 0 Å². The van der Waals surface area contributed by atoms with Crippen molar-refractivity contribution in [2.45, 2.75) is 20.3 Å². The average molecular weight is 164 g/mol. The summed E-state index contributed by atoms with van der Waals surface area (Å²) < 4.78 is 0. The van der Waals surface area contributed by atoms with E-state index in [1.165, 1.54) is 11.1 Å². The van der Waals surface area contributed by atoms with E-state index in [-0.39, 0.29) is 6.61 Å². The van der Waals surface area contributed by atoms with Gasteiger partial charge in [-0.2, -0.15) is 0 Å². The Balaban J connectivity index is 2.58. The smallest absolute Gasteiger partial charge is 0.0459 e. The molecule has 1 aromatic rings. The summed E-state index contributed by atoms with van der Waals surface area (Å²) in [7, 11) is 0. The molecule has 66 valence electrons. The summed E-state index contributed by atoms with van der Waals surface area (Å²) in [6, 6.07) is 8.47. The second-order valence-corrected chi connectivity index (χ2v) is 3.48. The third-order valence-electron chi connectivity index (χ3n) is 2.02. The van der Waals surface area contributed by atoms with Crippen molar-refractivity contribution in [3.8, 4) is 0 Å². The highest BCUT2D eigenvalue weighted by atomic mass is 16.3. The summed E-state index contributed by atoms with van der Waals surface area (Å²) in [6.07, 6.45) is 0.969. The van der Waals surface area contributed by atoms with Gasteiger partial charge in [-0.25, -0.2) is 0 Å². The normalized spacial score (nSPS) is 12.9. The molecule has 0 bridgehead atoms. The largest absolute Gasteiger partial charge is 0.396 e. The molecule has 1 aromatic carbocycles. The number of aliphatic hydroxyl groups excluding tert-OH is 1. The predicted molar refractivity (Wildman–Crippen MR) is 51.1 cm³/mol. The van der Waals surface area contributed by atoms with Crippen molar-refractivity contribution in [2.75, 3.05) is 6.61 Å². The fraction of sp³-hybridized carbons (Fsp3) is 0.455. The topological polar surface area (TPSA) is 20.2 Å². The SMILES string of the molecule is Cc1ccc(CC(C)CO)cc1. The Hall–Kier alpha value is -0.820. The van der Waals surface area contributed by atoms with Gasteiger partial charge in [0.1, 0.15) is 0 Å². The third-order valence-corrected chi connectivity index (χ3v) is 2.02. The van der Waals surface area contributed by atoms with Crippen LogP contribution in [0.4, 0.5) is 0 Å². The molecular weight excluding hydrogens is 148 g/mol. The van der Waals surface area contributed by atoms with Crippen LogP contribution in [-0.4, -0.2) is 11.7 Å². The minimum absolute atomic E-state index is 0.272. The van der Waals surface area contributed by atoms with E-state index in [0.29, 0.717) is 5.92 Å². The van der Waals surface area contributed by atoms with E-state index in [1.807, 2.05) is 0 Å². The van der Waals surface area contributed by atoms with E-state index in [4.69, 9.17) is 5.11 Å². The van der Waals surface area contributed by atoms with E-state index >= 15 is 0 Å². The van der Waals surface area contributed by atoms with Crippen LogP contribution in [0.1, 0.15) is 18.1 Å². The quantitative estimate of drug-likeness (QED) is 0.726. The van der Waals surface area contributed by atoms with Crippen molar-refractivity contribution in [2.24, 2.45) is 5.92 Å². The maximum absolute atomic E-state index is 8.85. The number of aryl methyl sites for hydroxylation is 1. The van der Waals surface area contributed by atoms with Crippen molar-refractivity contribution in [1.29, 1.82) is 0 Å². The molecule has 1 unspecified atom stereocenters. The maximum atomic E-state index is 8.85. The Labute approximate surface area is 74.1 Å². The monoisotopic (exact) mass is 164 g/mol. The average Bonchev–Trinajstić information content (AvgIpc) is 2.09. The van der Waals surface area contributed by atoms with Gasteiger partial charge in [-0.1, -0.05) is 36.8 Å². The first kappa shape index (κ1) is 9.27. The van der Waals surface area contributed by atoms with Crippen LogP contribution in [0.2, 0.25) is 0 Å². The van der Waals surface area contributed by atoms with Crippen LogP contribution in [0.15, 0.2) is 24.3 Å². The van der Waals surface area contributed by atoms with Crippen LogP contribution >= 0.6 is 0 Å². The van der Waals surface area contributed by atoms with Crippen molar-refractivity contribution in [3.63, 3.8) is 0 Å². The van der Waals surface area contributed by atoms with Gasteiger partial charge in [0.15, 0.2) is 0 Å². The van der Waals surface area contributed by atoms with Crippen LogP contribution in [0, 0.1) is 12.8 Å². The lowest BCUT2D eigenvalue weighted by Gasteiger charge is -2.07. The van der Waals surface area contributed by atoms with Gasteiger partial charge < -0.3 is 5.11 Å². The number of rotatable bonds is 3. The zero-order valence-electron chi connectivity index (χ0n) is 7.75. The zero-order chi connectivity index (χ0) is 8.97. The Morgan fingerprint density at radius 3 is 2.33 bits per heavy atom. The van der Waals surface area contributed by atoms with Gasteiger partial charge in [0, 0.05) is 6.61 Å². The summed E-state index contributed by atoms with van der Waals surface area (Å²) in [5.41, 5.74) is 2.59. The van der Waals surface area contributed by atoms with Crippen LogP contribution in [0.25, 0.3) is 0 Å². The predicted octanol–water partition coefficient (Wildman–Crippen LogP) is 2.17. The molecule has 0 aliphatic rings. The minimum Gasteiger partial charge on any atom is -0.396 e. The summed E-state index contributed by atoms with van der Waals surface area (Å²) in [5, 5.41) is 8.85. The van der Waals surface area contributed by atoms with Gasteiger partial charge in [0.25, 0.3) is 0 Å². The molecule has 0 aliphatic heterocycles. The molecule has 0 fully saturated rings. The second-order valence-electron chi connectivity index (χ2n) is 3.48. The molecule has 1 rings (SSSR count). The molecule has 1 atom stereocenters. The second kappa shape index (κ2) is 4.27. The fourth-order valence-corrected chi connectivity index (χ4v) is 1.19. The Kier molecular flexibility index (Phi) is 3.30. The third kappa shape index (κ3) is 2.67. The summed E-state index contributed by atoms with van der Waals surface area (Å²) in [5.74, 6) is 0.368. The number of benzene rings is 1. The lowest BCUT2D eigenvalue weighted by atomic mass is 10.0. The molecule has 1 heteroatoms. The van der Waals surface area contributed by atoms with E-state index < -0.39 is 0 Å². The molecule has 1 N–H and O–H groups in total. The Morgan fingerprint density at radius 1 is 1.25 bits per heavy atom. The van der Waals surface area contributed by atoms with Gasteiger partial charge in [-0.15, -0.1) is 0 Å². The van der Waals surface area contributed by atoms with Crippen LogP contribution in [0.3, 0.4) is 0 Å². The highest BCUT2D eigenvalue weighted by Crippen LogP contribution is 2.08. The van der Waals surface area contributed by atoms with Crippen molar-refractivity contribution < 1.29 is 5.11 Å². The zero-order valence-corrected chi connectivity index (χ0v) is 7.75. The van der Waals surface area contributed by atoms with E-state index in [9.17, 15) is 0 Å². The van der Waals surface area contributed by atoms with Crippen molar-refractivity contribution in [1.82, 2.24) is 0 Å². The summed E-state index contributed by atoms with van der Waals surface area (Å²) in [6.45, 7) is 4.41. The van der Waals surface area contributed by atoms with Gasteiger partial charge in [-0.3, -0.25) is 0 Å². The number of hydrogen-bond acceptors (Lipinski definition) is 1.